The number of ether oxygens (including phenoxy) is 4. The molecule has 23 heavy (non-hydrogen) atoms. The van der Waals surface area contributed by atoms with Crippen molar-refractivity contribution >= 4 is 5.97 Å². The van der Waals surface area contributed by atoms with Gasteiger partial charge in [-0.2, -0.15) is 0 Å². The summed E-state index contributed by atoms with van der Waals surface area (Å²) in [4.78, 5) is 11.8. The first-order valence-corrected chi connectivity index (χ1v) is 8.81. The molecule has 0 aromatic rings. The predicted molar refractivity (Wildman–Crippen MR) is 80.7 cm³/mol. The quantitative estimate of drug-likeness (QED) is 0.727. The minimum atomic E-state index is -0.343. The van der Waals surface area contributed by atoms with Crippen molar-refractivity contribution < 1.29 is 23.7 Å². The second-order valence-corrected chi connectivity index (χ2v) is 9.07. The molecule has 0 radical (unpaired) electrons. The molecule has 5 fully saturated rings. The molecule has 9 atom stereocenters. The third-order valence-electron chi connectivity index (χ3n) is 7.68. The van der Waals surface area contributed by atoms with Crippen molar-refractivity contribution in [2.45, 2.75) is 76.2 Å². The van der Waals surface area contributed by atoms with E-state index in [2.05, 4.69) is 20.8 Å². The summed E-state index contributed by atoms with van der Waals surface area (Å²) in [6.07, 6.45) is 1.99. The Labute approximate surface area is 137 Å². The zero-order valence-corrected chi connectivity index (χ0v) is 14.5. The van der Waals surface area contributed by atoms with E-state index in [9.17, 15) is 4.79 Å². The number of carbonyl (C=O) groups is 1. The smallest absolute Gasteiger partial charge is 0.303 e. The lowest BCUT2D eigenvalue weighted by Crippen LogP contribution is -2.70. The molecule has 0 N–H and O–H groups in total. The van der Waals surface area contributed by atoms with Gasteiger partial charge in [0.1, 0.15) is 11.7 Å². The van der Waals surface area contributed by atoms with Crippen molar-refractivity contribution in [3.8, 4) is 0 Å². The molecule has 0 aromatic heterocycles. The maximum absolute atomic E-state index is 11.8. The minimum absolute atomic E-state index is 0.0301. The molecule has 4 bridgehead atoms. The molecule has 3 heterocycles. The predicted octanol–water partition coefficient (Wildman–Crippen LogP) is 1.92. The van der Waals surface area contributed by atoms with Crippen LogP contribution in [0.5, 0.6) is 0 Å². The van der Waals surface area contributed by atoms with Crippen molar-refractivity contribution in [2.75, 3.05) is 7.11 Å². The van der Waals surface area contributed by atoms with Gasteiger partial charge in [-0.3, -0.25) is 4.79 Å². The van der Waals surface area contributed by atoms with Crippen LogP contribution < -0.4 is 0 Å². The van der Waals surface area contributed by atoms with Crippen molar-refractivity contribution in [1.82, 2.24) is 0 Å². The van der Waals surface area contributed by atoms with Crippen LogP contribution in [0.3, 0.4) is 0 Å². The number of hydrogen-bond acceptors (Lipinski definition) is 5. The first-order chi connectivity index (χ1) is 10.7. The highest BCUT2D eigenvalue weighted by Gasteiger charge is 2.84. The molecule has 3 aliphatic heterocycles. The van der Waals surface area contributed by atoms with E-state index in [-0.39, 0.29) is 52.9 Å². The number of esters is 1. The van der Waals surface area contributed by atoms with Crippen LogP contribution in [-0.2, 0) is 23.7 Å². The molecule has 2 aliphatic carbocycles. The van der Waals surface area contributed by atoms with Crippen LogP contribution in [-0.4, -0.2) is 48.7 Å². The average molecular weight is 322 g/mol. The standard InChI is InChI=1S/C18H26O5/c1-8(19)21-10-7-17(4)12-13-11(14(22-17)15(12)20-5)9-6-16(2,3)18(9,10)23-13/h9-15H,6-7H2,1-5H3/t9-,10+,11+,12-,13+,14-,15-,17+,18-/m0/s1. The van der Waals surface area contributed by atoms with Crippen molar-refractivity contribution in [2.24, 2.45) is 23.2 Å². The van der Waals surface area contributed by atoms with Gasteiger partial charge in [0.2, 0.25) is 0 Å². The Bertz CT molecular complexity index is 588. The highest BCUT2D eigenvalue weighted by molar-refractivity contribution is 5.66. The van der Waals surface area contributed by atoms with E-state index in [0.717, 1.165) is 6.42 Å². The fourth-order valence-corrected chi connectivity index (χ4v) is 7.07. The van der Waals surface area contributed by atoms with Crippen LogP contribution in [0, 0.1) is 23.2 Å². The van der Waals surface area contributed by atoms with Crippen LogP contribution in [0.4, 0.5) is 0 Å². The van der Waals surface area contributed by atoms with Gasteiger partial charge in [0.25, 0.3) is 0 Å². The second kappa shape index (κ2) is 3.94. The van der Waals surface area contributed by atoms with Gasteiger partial charge >= 0.3 is 5.97 Å². The highest BCUT2D eigenvalue weighted by Crippen LogP contribution is 2.75. The maximum Gasteiger partial charge on any atom is 0.303 e. The largest absolute Gasteiger partial charge is 0.459 e. The third kappa shape index (κ3) is 1.37. The van der Waals surface area contributed by atoms with Gasteiger partial charge in [0, 0.05) is 38.2 Å². The summed E-state index contributed by atoms with van der Waals surface area (Å²) in [6, 6.07) is 0. The van der Waals surface area contributed by atoms with Crippen LogP contribution in [0.25, 0.3) is 0 Å². The van der Waals surface area contributed by atoms with Crippen molar-refractivity contribution in [3.63, 3.8) is 0 Å². The van der Waals surface area contributed by atoms with E-state index < -0.39 is 0 Å². The van der Waals surface area contributed by atoms with Crippen LogP contribution in [0.1, 0.15) is 40.5 Å². The monoisotopic (exact) mass is 322 g/mol. The number of rotatable bonds is 2. The van der Waals surface area contributed by atoms with Crippen molar-refractivity contribution in [1.29, 1.82) is 0 Å². The zero-order valence-electron chi connectivity index (χ0n) is 14.5. The minimum Gasteiger partial charge on any atom is -0.459 e. The molecule has 5 heteroatoms. The molecule has 3 saturated heterocycles. The lowest BCUT2D eigenvalue weighted by Gasteiger charge is -2.62. The van der Waals surface area contributed by atoms with Gasteiger partial charge in [-0.05, 0) is 18.8 Å². The summed E-state index contributed by atoms with van der Waals surface area (Å²) >= 11 is 0. The number of fused-ring (bicyclic) bond motifs is 3. The summed E-state index contributed by atoms with van der Waals surface area (Å²) in [5, 5.41) is 0. The second-order valence-electron chi connectivity index (χ2n) is 9.07. The zero-order chi connectivity index (χ0) is 16.4. The Kier molecular flexibility index (Phi) is 2.52. The lowest BCUT2D eigenvalue weighted by atomic mass is 9.46. The molecule has 1 spiro atoms. The topological polar surface area (TPSA) is 54.0 Å². The summed E-state index contributed by atoms with van der Waals surface area (Å²) in [5.41, 5.74) is -0.639. The van der Waals surface area contributed by atoms with Crippen LogP contribution >= 0.6 is 0 Å². The number of hydrogen-bond donors (Lipinski definition) is 0. The van der Waals surface area contributed by atoms with Crippen LogP contribution in [0.2, 0.25) is 0 Å². The normalized spacial score (nSPS) is 60.3. The van der Waals surface area contributed by atoms with Gasteiger partial charge in [-0.15, -0.1) is 0 Å². The summed E-state index contributed by atoms with van der Waals surface area (Å²) in [6.45, 7) is 8.15. The van der Waals surface area contributed by atoms with Gasteiger partial charge in [0.05, 0.1) is 23.9 Å². The van der Waals surface area contributed by atoms with E-state index in [0.29, 0.717) is 18.3 Å². The molecule has 5 rings (SSSR count). The van der Waals surface area contributed by atoms with E-state index in [1.165, 1.54) is 6.92 Å². The molecule has 128 valence electrons. The Morgan fingerprint density at radius 1 is 1.13 bits per heavy atom. The molecule has 0 aromatic carbocycles. The lowest BCUT2D eigenvalue weighted by molar-refractivity contribution is -0.264. The molecular weight excluding hydrogens is 296 g/mol. The molecular formula is C18H26O5. The molecule has 5 aliphatic rings. The maximum atomic E-state index is 11.8. The van der Waals surface area contributed by atoms with Gasteiger partial charge in [-0.1, -0.05) is 13.8 Å². The fraction of sp³-hybridized carbons (Fsp3) is 0.944. The Morgan fingerprint density at radius 2 is 1.87 bits per heavy atom. The summed E-state index contributed by atoms with van der Waals surface area (Å²) in [5.74, 6) is 0.796. The Balaban J connectivity index is 1.65. The first kappa shape index (κ1) is 14.7. The molecule has 0 amide bonds. The van der Waals surface area contributed by atoms with Gasteiger partial charge in [0.15, 0.2) is 0 Å². The number of methoxy groups -OCH3 is 1. The number of carbonyl (C=O) groups excluding carboxylic acids is 1. The van der Waals surface area contributed by atoms with E-state index in [4.69, 9.17) is 18.9 Å². The highest BCUT2D eigenvalue weighted by atomic mass is 16.6. The van der Waals surface area contributed by atoms with Gasteiger partial charge < -0.3 is 18.9 Å². The Hall–Kier alpha value is -0.650. The molecule has 2 saturated carbocycles. The van der Waals surface area contributed by atoms with Gasteiger partial charge in [-0.25, -0.2) is 0 Å². The Morgan fingerprint density at radius 3 is 2.48 bits per heavy atom. The van der Waals surface area contributed by atoms with E-state index in [1.54, 1.807) is 7.11 Å². The summed E-state index contributed by atoms with van der Waals surface area (Å²) in [7, 11) is 1.78. The van der Waals surface area contributed by atoms with E-state index >= 15 is 0 Å². The first-order valence-electron chi connectivity index (χ1n) is 8.81. The van der Waals surface area contributed by atoms with E-state index in [1.807, 2.05) is 0 Å². The SMILES string of the molecule is CO[C@@H]1[C@H]2O[C@]3(C)C[C@@H](OC(C)=O)[C@@]45O[C@H]([C@H]2[C@@H]4CC5(C)C)[C@@H]13. The fourth-order valence-electron chi connectivity index (χ4n) is 7.07. The van der Waals surface area contributed by atoms with Crippen molar-refractivity contribution in [3.05, 3.63) is 0 Å². The van der Waals surface area contributed by atoms with Crippen LogP contribution in [0.15, 0.2) is 0 Å². The average Bonchev–Trinajstić information content (AvgIpc) is 2.97. The molecule has 5 nitrogen and oxygen atoms in total. The molecule has 0 unspecified atom stereocenters. The summed E-state index contributed by atoms with van der Waals surface area (Å²) < 4.78 is 24.9. The third-order valence-corrected chi connectivity index (χ3v) is 7.68.